The highest BCUT2D eigenvalue weighted by Crippen LogP contribution is 2.25. The summed E-state index contributed by atoms with van der Waals surface area (Å²) in [5.74, 6) is 0.445. The van der Waals surface area contributed by atoms with Crippen molar-refractivity contribution in [3.63, 3.8) is 0 Å². The summed E-state index contributed by atoms with van der Waals surface area (Å²) in [5, 5.41) is 7.92. The van der Waals surface area contributed by atoms with Gasteiger partial charge in [-0.3, -0.25) is 0 Å². The Balaban J connectivity index is 2.33. The Hall–Kier alpha value is -1.90. The van der Waals surface area contributed by atoms with Gasteiger partial charge in [0, 0.05) is 5.56 Å². The second-order valence-corrected chi connectivity index (χ2v) is 5.17. The number of rotatable bonds is 1. The first-order chi connectivity index (χ1) is 7.97. The number of hydrogen-bond acceptors (Lipinski definition) is 3. The van der Waals surface area contributed by atoms with E-state index in [4.69, 9.17) is 5.73 Å². The highest BCUT2D eigenvalue weighted by atomic mass is 15.1. The van der Waals surface area contributed by atoms with Crippen LogP contribution >= 0.6 is 0 Å². The molecular weight excluding hydrogens is 210 g/mol. The topological polar surface area (TPSA) is 51.8 Å². The van der Waals surface area contributed by atoms with E-state index in [1.807, 2.05) is 6.07 Å². The molecule has 88 valence electrons. The molecule has 2 N–H and O–H groups in total. The molecule has 3 heteroatoms. The Bertz CT molecular complexity index is 492. The molecule has 1 aromatic heterocycles. The number of anilines is 1. The van der Waals surface area contributed by atoms with Gasteiger partial charge in [-0.25, -0.2) is 0 Å². The van der Waals surface area contributed by atoms with Gasteiger partial charge in [-0.2, -0.15) is 0 Å². The maximum absolute atomic E-state index is 5.51. The number of hydrogen-bond donors (Lipinski definition) is 1. The lowest BCUT2D eigenvalue weighted by molar-refractivity contribution is 0.590. The van der Waals surface area contributed by atoms with Gasteiger partial charge in [0.1, 0.15) is 5.82 Å². The Kier molecular flexibility index (Phi) is 2.84. The second-order valence-electron chi connectivity index (χ2n) is 5.17. The molecule has 0 fully saturated rings. The van der Waals surface area contributed by atoms with Gasteiger partial charge in [0.2, 0.25) is 0 Å². The Morgan fingerprint density at radius 2 is 1.53 bits per heavy atom. The van der Waals surface area contributed by atoms with Crippen molar-refractivity contribution < 1.29 is 0 Å². The van der Waals surface area contributed by atoms with Gasteiger partial charge in [0.25, 0.3) is 0 Å². The first-order valence-corrected chi connectivity index (χ1v) is 5.67. The Morgan fingerprint density at radius 3 is 2.00 bits per heavy atom. The van der Waals surface area contributed by atoms with Crippen molar-refractivity contribution in [1.82, 2.24) is 10.2 Å². The summed E-state index contributed by atoms with van der Waals surface area (Å²) in [6.07, 6.45) is 0. The molecule has 0 saturated carbocycles. The molecule has 0 saturated heterocycles. The molecule has 2 aromatic rings. The largest absolute Gasteiger partial charge is 0.382 e. The fourth-order valence-corrected chi connectivity index (χ4v) is 1.64. The van der Waals surface area contributed by atoms with E-state index in [9.17, 15) is 0 Å². The minimum absolute atomic E-state index is 0.172. The fraction of sp³-hybridized carbons (Fsp3) is 0.286. The van der Waals surface area contributed by atoms with Gasteiger partial charge in [0.05, 0.1) is 5.69 Å². The van der Waals surface area contributed by atoms with Crippen molar-refractivity contribution in [3.05, 3.63) is 42.0 Å². The van der Waals surface area contributed by atoms with E-state index in [2.05, 4.69) is 55.2 Å². The first-order valence-electron chi connectivity index (χ1n) is 5.67. The first kappa shape index (κ1) is 11.6. The lowest BCUT2D eigenvalue weighted by atomic mass is 9.86. The van der Waals surface area contributed by atoms with E-state index in [0.29, 0.717) is 5.82 Å². The predicted molar refractivity (Wildman–Crippen MR) is 70.6 cm³/mol. The standard InChI is InChI=1S/C14H17N3/c1-14(2,3)11-6-4-10(5-7-11)12-8-9-13(15)17-16-12/h4-9H,1-3H3,(H2,15,17). The lowest BCUT2D eigenvalue weighted by Gasteiger charge is -2.19. The third-order valence-corrected chi connectivity index (χ3v) is 2.73. The van der Waals surface area contributed by atoms with E-state index in [-0.39, 0.29) is 5.41 Å². The molecule has 3 nitrogen and oxygen atoms in total. The van der Waals surface area contributed by atoms with Crippen molar-refractivity contribution >= 4 is 5.82 Å². The van der Waals surface area contributed by atoms with Gasteiger partial charge in [-0.15, -0.1) is 10.2 Å². The van der Waals surface area contributed by atoms with Crippen LogP contribution in [0.5, 0.6) is 0 Å². The number of aromatic nitrogens is 2. The van der Waals surface area contributed by atoms with Crippen molar-refractivity contribution in [2.45, 2.75) is 26.2 Å². The summed E-state index contributed by atoms with van der Waals surface area (Å²) >= 11 is 0. The maximum atomic E-state index is 5.51. The van der Waals surface area contributed by atoms with E-state index < -0.39 is 0 Å². The average molecular weight is 227 g/mol. The molecule has 0 amide bonds. The molecule has 0 radical (unpaired) electrons. The average Bonchev–Trinajstić information content (AvgIpc) is 2.29. The highest BCUT2D eigenvalue weighted by molar-refractivity contribution is 5.59. The minimum atomic E-state index is 0.172. The van der Waals surface area contributed by atoms with E-state index in [1.54, 1.807) is 6.07 Å². The van der Waals surface area contributed by atoms with Crippen LogP contribution in [-0.4, -0.2) is 10.2 Å². The van der Waals surface area contributed by atoms with Crippen LogP contribution < -0.4 is 5.73 Å². The van der Waals surface area contributed by atoms with Crippen LogP contribution in [0.3, 0.4) is 0 Å². The Morgan fingerprint density at radius 1 is 0.882 bits per heavy atom. The smallest absolute Gasteiger partial charge is 0.146 e. The van der Waals surface area contributed by atoms with Gasteiger partial charge in [-0.05, 0) is 23.1 Å². The van der Waals surface area contributed by atoms with Crippen molar-refractivity contribution in [1.29, 1.82) is 0 Å². The number of nitrogen functional groups attached to an aromatic ring is 1. The van der Waals surface area contributed by atoms with Gasteiger partial charge >= 0.3 is 0 Å². The van der Waals surface area contributed by atoms with Crippen molar-refractivity contribution in [2.75, 3.05) is 5.73 Å². The molecule has 0 bridgehead atoms. The molecule has 0 aliphatic heterocycles. The molecule has 0 unspecified atom stereocenters. The van der Waals surface area contributed by atoms with Crippen LogP contribution in [0.4, 0.5) is 5.82 Å². The SMILES string of the molecule is CC(C)(C)c1ccc(-c2ccc(N)nn2)cc1. The van der Waals surface area contributed by atoms with Gasteiger partial charge in [-0.1, -0.05) is 45.0 Å². The summed E-state index contributed by atoms with van der Waals surface area (Å²) in [5.41, 5.74) is 8.90. The quantitative estimate of drug-likeness (QED) is 0.814. The normalized spacial score (nSPS) is 11.5. The highest BCUT2D eigenvalue weighted by Gasteiger charge is 2.13. The molecule has 0 aliphatic rings. The molecule has 1 aromatic carbocycles. The van der Waals surface area contributed by atoms with Crippen LogP contribution in [0.15, 0.2) is 36.4 Å². The molecule has 17 heavy (non-hydrogen) atoms. The van der Waals surface area contributed by atoms with Crippen LogP contribution in [0.2, 0.25) is 0 Å². The predicted octanol–water partition coefficient (Wildman–Crippen LogP) is 3.02. The summed E-state index contributed by atoms with van der Waals surface area (Å²) in [6.45, 7) is 6.60. The van der Waals surface area contributed by atoms with Crippen LogP contribution in [-0.2, 0) is 5.41 Å². The van der Waals surface area contributed by atoms with E-state index in [1.165, 1.54) is 5.56 Å². The zero-order valence-corrected chi connectivity index (χ0v) is 10.4. The second kappa shape index (κ2) is 4.17. The molecule has 0 atom stereocenters. The summed E-state index contributed by atoms with van der Waals surface area (Å²) in [7, 11) is 0. The number of nitrogens with two attached hydrogens (primary N) is 1. The molecule has 1 heterocycles. The zero-order chi connectivity index (χ0) is 12.5. The monoisotopic (exact) mass is 227 g/mol. The minimum Gasteiger partial charge on any atom is -0.382 e. The van der Waals surface area contributed by atoms with Gasteiger partial charge in [0.15, 0.2) is 0 Å². The maximum Gasteiger partial charge on any atom is 0.146 e. The third kappa shape index (κ3) is 2.61. The van der Waals surface area contributed by atoms with Crippen LogP contribution in [0, 0.1) is 0 Å². The van der Waals surface area contributed by atoms with Crippen LogP contribution in [0.1, 0.15) is 26.3 Å². The number of nitrogens with zero attached hydrogens (tertiary/aromatic N) is 2. The van der Waals surface area contributed by atoms with E-state index >= 15 is 0 Å². The summed E-state index contributed by atoms with van der Waals surface area (Å²) in [6, 6.07) is 12.1. The number of benzene rings is 1. The fourth-order valence-electron chi connectivity index (χ4n) is 1.64. The lowest BCUT2D eigenvalue weighted by Crippen LogP contribution is -2.10. The molecule has 2 rings (SSSR count). The van der Waals surface area contributed by atoms with Crippen LogP contribution in [0.25, 0.3) is 11.3 Å². The van der Waals surface area contributed by atoms with E-state index in [0.717, 1.165) is 11.3 Å². The molecule has 0 aliphatic carbocycles. The van der Waals surface area contributed by atoms with Gasteiger partial charge < -0.3 is 5.73 Å². The summed E-state index contributed by atoms with van der Waals surface area (Å²) in [4.78, 5) is 0. The zero-order valence-electron chi connectivity index (χ0n) is 10.4. The Labute approximate surface area is 102 Å². The summed E-state index contributed by atoms with van der Waals surface area (Å²) < 4.78 is 0. The molecule has 0 spiro atoms. The molecular formula is C14H17N3. The van der Waals surface area contributed by atoms with Crippen molar-refractivity contribution in [2.24, 2.45) is 0 Å². The third-order valence-electron chi connectivity index (χ3n) is 2.73. The van der Waals surface area contributed by atoms with Crippen molar-refractivity contribution in [3.8, 4) is 11.3 Å².